The molecule has 2 aromatic carbocycles. The maximum atomic E-state index is 12.9. The molecule has 0 fully saturated rings. The molecule has 148 valence electrons. The lowest BCUT2D eigenvalue weighted by molar-refractivity contribution is -0.402. The van der Waals surface area contributed by atoms with Crippen LogP contribution in [0.25, 0.3) is 0 Å². The monoisotopic (exact) mass is 394 g/mol. The van der Waals surface area contributed by atoms with Gasteiger partial charge in [-0.2, -0.15) is 0 Å². The lowest BCUT2D eigenvalue weighted by Gasteiger charge is -2.18. The molecule has 0 aliphatic heterocycles. The Bertz CT molecular complexity index is 1060. The maximum absolute atomic E-state index is 12.9. The zero-order valence-electron chi connectivity index (χ0n) is 15.7. The number of carbonyl (C=O) groups excluding carboxylic acids is 2. The summed E-state index contributed by atoms with van der Waals surface area (Å²) in [7, 11) is 0. The van der Waals surface area contributed by atoms with Gasteiger partial charge in [-0.3, -0.25) is 14.9 Å². The highest BCUT2D eigenvalue weighted by Gasteiger charge is 2.28. The molecule has 0 bridgehead atoms. The molecule has 3 aromatic rings. The molecule has 1 N–H and O–H groups in total. The van der Waals surface area contributed by atoms with Crippen molar-refractivity contribution in [3.8, 4) is 0 Å². The lowest BCUT2D eigenvalue weighted by Crippen LogP contribution is -2.26. The molecular formula is C21H18N2O6. The number of hydrogen-bond donors (Lipinski definition) is 1. The molecule has 0 aliphatic carbocycles. The fraction of sp³-hybridized carbons (Fsp3) is 0.143. The molecular weight excluding hydrogens is 376 g/mol. The zero-order chi connectivity index (χ0) is 21.0. The van der Waals surface area contributed by atoms with E-state index in [1.807, 2.05) is 32.0 Å². The number of rotatable bonds is 6. The molecule has 1 amide bonds. The summed E-state index contributed by atoms with van der Waals surface area (Å²) in [6.45, 7) is 3.74. The van der Waals surface area contributed by atoms with Gasteiger partial charge in [-0.1, -0.05) is 42.5 Å². The van der Waals surface area contributed by atoms with Crippen LogP contribution in [0, 0.1) is 24.0 Å². The van der Waals surface area contributed by atoms with Crippen LogP contribution in [0.4, 0.5) is 11.6 Å². The minimum atomic E-state index is -1.27. The Morgan fingerprint density at radius 2 is 1.79 bits per heavy atom. The van der Waals surface area contributed by atoms with E-state index >= 15 is 0 Å². The number of nitro groups is 1. The standard InChI is InChI=1S/C21H18N2O6/c1-13-8-9-14(2)16(12-13)22-20(24)19(15-6-4-3-5-7-15)29-21(25)17-10-11-18(28-17)23(26)27/h3-12,19H,1-2H3,(H,22,24)/t19-/m0/s1. The molecule has 0 saturated carbocycles. The third kappa shape index (κ3) is 4.67. The van der Waals surface area contributed by atoms with Crippen molar-refractivity contribution >= 4 is 23.4 Å². The van der Waals surface area contributed by atoms with Crippen molar-refractivity contribution in [2.75, 3.05) is 5.32 Å². The van der Waals surface area contributed by atoms with E-state index in [-0.39, 0.29) is 5.76 Å². The van der Waals surface area contributed by atoms with Crippen LogP contribution >= 0.6 is 0 Å². The van der Waals surface area contributed by atoms with E-state index in [4.69, 9.17) is 9.15 Å². The largest absolute Gasteiger partial charge is 0.441 e. The Hall–Kier alpha value is -3.94. The predicted molar refractivity (Wildman–Crippen MR) is 105 cm³/mol. The van der Waals surface area contributed by atoms with Crippen LogP contribution in [0.3, 0.4) is 0 Å². The summed E-state index contributed by atoms with van der Waals surface area (Å²) < 4.78 is 10.2. The van der Waals surface area contributed by atoms with Gasteiger partial charge < -0.3 is 14.5 Å². The van der Waals surface area contributed by atoms with Gasteiger partial charge in [0.05, 0.1) is 6.07 Å². The lowest BCUT2D eigenvalue weighted by atomic mass is 10.1. The number of furan rings is 1. The van der Waals surface area contributed by atoms with Gasteiger partial charge in [0.25, 0.3) is 5.91 Å². The van der Waals surface area contributed by atoms with Gasteiger partial charge in [-0.15, -0.1) is 0 Å². The Labute approximate surface area is 166 Å². The number of amides is 1. The summed E-state index contributed by atoms with van der Waals surface area (Å²) in [5.74, 6) is -2.49. The third-order valence-corrected chi connectivity index (χ3v) is 4.19. The SMILES string of the molecule is Cc1ccc(C)c(NC(=O)[C@@H](OC(=O)c2ccc([N+](=O)[O-])o2)c2ccccc2)c1. The highest BCUT2D eigenvalue weighted by molar-refractivity contribution is 5.98. The minimum Gasteiger partial charge on any atom is -0.441 e. The van der Waals surface area contributed by atoms with Crippen LogP contribution < -0.4 is 5.32 Å². The smallest absolute Gasteiger partial charge is 0.433 e. The van der Waals surface area contributed by atoms with E-state index < -0.39 is 28.8 Å². The molecule has 0 unspecified atom stereocenters. The molecule has 3 rings (SSSR count). The summed E-state index contributed by atoms with van der Waals surface area (Å²) in [5.41, 5.74) is 2.86. The number of benzene rings is 2. The van der Waals surface area contributed by atoms with E-state index in [1.54, 1.807) is 30.3 Å². The second-order valence-corrected chi connectivity index (χ2v) is 6.40. The van der Waals surface area contributed by atoms with Crippen LogP contribution in [0.15, 0.2) is 65.1 Å². The van der Waals surface area contributed by atoms with E-state index in [0.29, 0.717) is 11.3 Å². The second kappa shape index (κ2) is 8.39. The first-order valence-corrected chi connectivity index (χ1v) is 8.73. The van der Waals surface area contributed by atoms with Crippen LogP contribution in [-0.4, -0.2) is 16.8 Å². The molecule has 1 heterocycles. The highest BCUT2D eigenvalue weighted by atomic mass is 16.7. The first-order valence-electron chi connectivity index (χ1n) is 8.73. The van der Waals surface area contributed by atoms with Crippen molar-refractivity contribution in [3.63, 3.8) is 0 Å². The minimum absolute atomic E-state index is 0.364. The third-order valence-electron chi connectivity index (χ3n) is 4.19. The summed E-state index contributed by atoms with van der Waals surface area (Å²) in [6.07, 6.45) is -1.27. The first-order chi connectivity index (χ1) is 13.8. The van der Waals surface area contributed by atoms with E-state index in [9.17, 15) is 19.7 Å². The average Bonchev–Trinajstić information content (AvgIpc) is 3.20. The number of ether oxygens (including phenoxy) is 1. The Morgan fingerprint density at radius 1 is 1.07 bits per heavy atom. The van der Waals surface area contributed by atoms with Crippen molar-refractivity contribution in [3.05, 3.63) is 93.2 Å². The van der Waals surface area contributed by atoms with Gasteiger partial charge >= 0.3 is 11.9 Å². The Balaban J connectivity index is 1.86. The van der Waals surface area contributed by atoms with Crippen LogP contribution in [0.1, 0.15) is 33.3 Å². The van der Waals surface area contributed by atoms with Gasteiger partial charge in [0.1, 0.15) is 4.92 Å². The summed E-state index contributed by atoms with van der Waals surface area (Å²) >= 11 is 0. The Kier molecular flexibility index (Phi) is 5.73. The molecule has 1 atom stereocenters. The fourth-order valence-corrected chi connectivity index (χ4v) is 2.67. The van der Waals surface area contributed by atoms with E-state index in [2.05, 4.69) is 5.32 Å². The topological polar surface area (TPSA) is 112 Å². The van der Waals surface area contributed by atoms with Gasteiger partial charge in [0, 0.05) is 11.3 Å². The molecule has 8 nitrogen and oxygen atoms in total. The number of aryl methyl sites for hydroxylation is 2. The van der Waals surface area contributed by atoms with Gasteiger partial charge in [0.2, 0.25) is 11.9 Å². The number of nitrogens with zero attached hydrogens (tertiary/aromatic N) is 1. The van der Waals surface area contributed by atoms with Crippen LogP contribution in [-0.2, 0) is 9.53 Å². The normalized spacial score (nSPS) is 11.5. The molecule has 8 heteroatoms. The molecule has 0 saturated heterocycles. The first kappa shape index (κ1) is 19.8. The van der Waals surface area contributed by atoms with Crippen molar-refractivity contribution in [2.45, 2.75) is 20.0 Å². The number of nitrogens with one attached hydrogen (secondary N) is 1. The average molecular weight is 394 g/mol. The van der Waals surface area contributed by atoms with Gasteiger partial charge in [-0.05, 0) is 37.1 Å². The van der Waals surface area contributed by atoms with Gasteiger partial charge in [0.15, 0.2) is 0 Å². The van der Waals surface area contributed by atoms with E-state index in [1.165, 1.54) is 0 Å². The molecule has 0 spiro atoms. The van der Waals surface area contributed by atoms with Crippen molar-refractivity contribution in [2.24, 2.45) is 0 Å². The summed E-state index contributed by atoms with van der Waals surface area (Å²) in [4.78, 5) is 35.3. The molecule has 1 aromatic heterocycles. The maximum Gasteiger partial charge on any atom is 0.433 e. The Morgan fingerprint density at radius 3 is 2.45 bits per heavy atom. The fourth-order valence-electron chi connectivity index (χ4n) is 2.67. The summed E-state index contributed by atoms with van der Waals surface area (Å²) in [6, 6.07) is 16.2. The number of hydrogen-bond acceptors (Lipinski definition) is 6. The number of carbonyl (C=O) groups is 2. The number of anilines is 1. The second-order valence-electron chi connectivity index (χ2n) is 6.40. The van der Waals surface area contributed by atoms with Crippen LogP contribution in [0.5, 0.6) is 0 Å². The zero-order valence-corrected chi connectivity index (χ0v) is 15.7. The van der Waals surface area contributed by atoms with Crippen molar-refractivity contribution in [1.82, 2.24) is 0 Å². The molecule has 0 aliphatic rings. The van der Waals surface area contributed by atoms with E-state index in [0.717, 1.165) is 23.3 Å². The van der Waals surface area contributed by atoms with Crippen molar-refractivity contribution in [1.29, 1.82) is 0 Å². The van der Waals surface area contributed by atoms with Crippen LogP contribution in [0.2, 0.25) is 0 Å². The van der Waals surface area contributed by atoms with Gasteiger partial charge in [-0.25, -0.2) is 4.79 Å². The number of esters is 1. The quantitative estimate of drug-likeness (QED) is 0.378. The molecule has 0 radical (unpaired) electrons. The van der Waals surface area contributed by atoms with Crippen molar-refractivity contribution < 1.29 is 23.7 Å². The summed E-state index contributed by atoms with van der Waals surface area (Å²) in [5, 5.41) is 13.5. The molecule has 29 heavy (non-hydrogen) atoms. The predicted octanol–water partition coefficient (Wildman–Crippen LogP) is 4.34. The highest BCUT2D eigenvalue weighted by Crippen LogP contribution is 2.25.